The minimum absolute atomic E-state index is 0.0366. The van der Waals surface area contributed by atoms with Gasteiger partial charge in [0.2, 0.25) is 5.91 Å². The monoisotopic (exact) mass is 427 g/mol. The van der Waals surface area contributed by atoms with Crippen LogP contribution < -0.4 is 16.0 Å². The van der Waals surface area contributed by atoms with Crippen molar-refractivity contribution in [3.8, 4) is 0 Å². The number of anilines is 3. The summed E-state index contributed by atoms with van der Waals surface area (Å²) in [6, 6.07) is 19.2. The van der Waals surface area contributed by atoms with E-state index >= 15 is 0 Å². The van der Waals surface area contributed by atoms with E-state index in [1.807, 2.05) is 0 Å². The van der Waals surface area contributed by atoms with E-state index in [4.69, 9.17) is 0 Å². The predicted molar refractivity (Wildman–Crippen MR) is 114 cm³/mol. The maximum atomic E-state index is 13.0. The van der Waals surface area contributed by atoms with Crippen LogP contribution in [0.5, 0.6) is 0 Å². The molecule has 0 heterocycles. The molecule has 0 bridgehead atoms. The van der Waals surface area contributed by atoms with Crippen molar-refractivity contribution >= 4 is 28.9 Å². The topological polar surface area (TPSA) is 70.2 Å². The lowest BCUT2D eigenvalue weighted by molar-refractivity contribution is -0.137. The first-order valence-electron chi connectivity index (χ1n) is 9.39. The van der Waals surface area contributed by atoms with Gasteiger partial charge in [-0.2, -0.15) is 13.2 Å². The van der Waals surface area contributed by atoms with Crippen LogP contribution in [0.4, 0.5) is 30.2 Å². The molecule has 3 N–H and O–H groups in total. The zero-order chi connectivity index (χ0) is 22.4. The second-order valence-electron chi connectivity index (χ2n) is 6.82. The van der Waals surface area contributed by atoms with Crippen LogP contribution in [0, 0.1) is 0 Å². The zero-order valence-electron chi connectivity index (χ0n) is 16.5. The minimum atomic E-state index is -4.51. The van der Waals surface area contributed by atoms with E-state index in [0.717, 1.165) is 12.1 Å². The molecule has 1 atom stereocenters. The van der Waals surface area contributed by atoms with E-state index in [0.29, 0.717) is 16.9 Å². The number of nitrogens with one attached hydrogen (secondary N) is 3. The first-order chi connectivity index (χ1) is 14.7. The highest BCUT2D eigenvalue weighted by atomic mass is 19.4. The lowest BCUT2D eigenvalue weighted by Crippen LogP contribution is -2.27. The van der Waals surface area contributed by atoms with Crippen LogP contribution in [-0.4, -0.2) is 11.8 Å². The summed E-state index contributed by atoms with van der Waals surface area (Å²) < 4.78 is 39.0. The molecule has 3 rings (SSSR count). The van der Waals surface area contributed by atoms with Crippen LogP contribution in [0.25, 0.3) is 0 Å². The van der Waals surface area contributed by atoms with E-state index in [2.05, 4.69) is 16.0 Å². The summed E-state index contributed by atoms with van der Waals surface area (Å²) in [6.07, 6.45) is -4.51. The Labute approximate surface area is 177 Å². The highest BCUT2D eigenvalue weighted by Gasteiger charge is 2.30. The minimum Gasteiger partial charge on any atom is -0.370 e. The Bertz CT molecular complexity index is 1070. The fraction of sp³-hybridized carbons (Fsp3) is 0.130. The number of rotatable bonds is 6. The van der Waals surface area contributed by atoms with Crippen molar-refractivity contribution in [3.63, 3.8) is 0 Å². The molecule has 0 radical (unpaired) electrons. The molecule has 0 saturated heterocycles. The number of carbonyl (C=O) groups excluding carboxylic acids is 2. The average molecular weight is 427 g/mol. The molecule has 0 spiro atoms. The fourth-order valence-electron chi connectivity index (χ4n) is 2.99. The summed E-state index contributed by atoms with van der Waals surface area (Å²) in [4.78, 5) is 24.3. The summed E-state index contributed by atoms with van der Waals surface area (Å²) in [5.41, 5.74) is 0.908. The van der Waals surface area contributed by atoms with Gasteiger partial charge in [0.15, 0.2) is 0 Å². The lowest BCUT2D eigenvalue weighted by Gasteiger charge is -2.21. The van der Waals surface area contributed by atoms with Crippen LogP contribution >= 0.6 is 0 Å². The standard InChI is InChI=1S/C23H20F3N3O2/c1-15(30)27-19-11-6-12-20(14-19)28-21(16-7-3-2-4-8-16)22(31)29-18-10-5-9-17(13-18)23(24,25)26/h2-14,21,28H,1H3,(H,27,30)(H,29,31)/t21-/m0/s1. The molecular weight excluding hydrogens is 407 g/mol. The van der Waals surface area contributed by atoms with Gasteiger partial charge in [-0.1, -0.05) is 42.5 Å². The number of alkyl halides is 3. The summed E-state index contributed by atoms with van der Waals surface area (Å²) in [5.74, 6) is -0.769. The number of halogens is 3. The Balaban J connectivity index is 1.86. The summed E-state index contributed by atoms with van der Waals surface area (Å²) in [7, 11) is 0. The van der Waals surface area contributed by atoms with E-state index < -0.39 is 23.7 Å². The second kappa shape index (κ2) is 9.34. The SMILES string of the molecule is CC(=O)Nc1cccc(N[C@H](C(=O)Nc2cccc(C(F)(F)F)c2)c2ccccc2)c1. The maximum Gasteiger partial charge on any atom is 0.416 e. The molecule has 0 aliphatic carbocycles. The molecule has 8 heteroatoms. The first-order valence-corrected chi connectivity index (χ1v) is 9.39. The van der Waals surface area contributed by atoms with Crippen molar-refractivity contribution < 1.29 is 22.8 Å². The van der Waals surface area contributed by atoms with Gasteiger partial charge in [-0.15, -0.1) is 0 Å². The van der Waals surface area contributed by atoms with E-state index in [1.165, 1.54) is 19.1 Å². The molecule has 0 aliphatic rings. The molecule has 160 valence electrons. The Morgan fingerprint density at radius 2 is 1.39 bits per heavy atom. The molecule has 0 unspecified atom stereocenters. The summed E-state index contributed by atoms with van der Waals surface area (Å²) in [6.45, 7) is 1.38. The van der Waals surface area contributed by atoms with Crippen molar-refractivity contribution in [2.45, 2.75) is 19.1 Å². The number of benzene rings is 3. The Morgan fingerprint density at radius 1 is 0.774 bits per heavy atom. The van der Waals surface area contributed by atoms with Gasteiger partial charge < -0.3 is 16.0 Å². The van der Waals surface area contributed by atoms with Crippen LogP contribution in [0.1, 0.15) is 24.1 Å². The van der Waals surface area contributed by atoms with Crippen molar-refractivity contribution in [2.24, 2.45) is 0 Å². The van der Waals surface area contributed by atoms with Crippen molar-refractivity contribution in [2.75, 3.05) is 16.0 Å². The van der Waals surface area contributed by atoms with Gasteiger partial charge in [0.1, 0.15) is 6.04 Å². The highest BCUT2D eigenvalue weighted by molar-refractivity contribution is 5.97. The van der Waals surface area contributed by atoms with Crippen molar-refractivity contribution in [3.05, 3.63) is 90.0 Å². The normalized spacial score (nSPS) is 12.0. The number of amides is 2. The average Bonchev–Trinajstić information content (AvgIpc) is 2.72. The van der Waals surface area contributed by atoms with Gasteiger partial charge in [0.05, 0.1) is 5.56 Å². The highest BCUT2D eigenvalue weighted by Crippen LogP contribution is 2.31. The quantitative estimate of drug-likeness (QED) is 0.490. The van der Waals surface area contributed by atoms with Gasteiger partial charge in [-0.3, -0.25) is 9.59 Å². The van der Waals surface area contributed by atoms with Gasteiger partial charge >= 0.3 is 6.18 Å². The molecule has 3 aromatic rings. The summed E-state index contributed by atoms with van der Waals surface area (Å²) in [5, 5.41) is 8.30. The summed E-state index contributed by atoms with van der Waals surface area (Å²) >= 11 is 0. The molecule has 2 amide bonds. The molecule has 3 aromatic carbocycles. The van der Waals surface area contributed by atoms with Crippen LogP contribution in [-0.2, 0) is 15.8 Å². The third kappa shape index (κ3) is 6.08. The fourth-order valence-corrected chi connectivity index (χ4v) is 2.99. The third-order valence-corrected chi connectivity index (χ3v) is 4.35. The van der Waals surface area contributed by atoms with Crippen LogP contribution in [0.2, 0.25) is 0 Å². The smallest absolute Gasteiger partial charge is 0.370 e. The molecule has 0 fully saturated rings. The van der Waals surface area contributed by atoms with Gasteiger partial charge in [-0.05, 0) is 42.0 Å². The largest absolute Gasteiger partial charge is 0.416 e. The molecule has 0 aliphatic heterocycles. The van der Waals surface area contributed by atoms with E-state index in [1.54, 1.807) is 54.6 Å². The zero-order valence-corrected chi connectivity index (χ0v) is 16.5. The van der Waals surface area contributed by atoms with Crippen molar-refractivity contribution in [1.82, 2.24) is 0 Å². The predicted octanol–water partition coefficient (Wildman–Crippen LogP) is 5.46. The number of carbonyl (C=O) groups is 2. The Morgan fingerprint density at radius 3 is 2.03 bits per heavy atom. The molecule has 0 aromatic heterocycles. The van der Waals surface area contributed by atoms with Crippen LogP contribution in [0.3, 0.4) is 0 Å². The van der Waals surface area contributed by atoms with Crippen molar-refractivity contribution in [1.29, 1.82) is 0 Å². The van der Waals surface area contributed by atoms with Gasteiger partial charge in [0, 0.05) is 24.0 Å². The van der Waals surface area contributed by atoms with E-state index in [9.17, 15) is 22.8 Å². The maximum absolute atomic E-state index is 13.0. The Hall–Kier alpha value is -3.81. The van der Waals surface area contributed by atoms with Gasteiger partial charge in [-0.25, -0.2) is 0 Å². The molecule has 5 nitrogen and oxygen atoms in total. The first kappa shape index (κ1) is 21.9. The third-order valence-electron chi connectivity index (χ3n) is 4.35. The lowest BCUT2D eigenvalue weighted by atomic mass is 10.1. The molecule has 0 saturated carbocycles. The van der Waals surface area contributed by atoms with E-state index in [-0.39, 0.29) is 11.6 Å². The Kier molecular flexibility index (Phi) is 6.59. The second-order valence-corrected chi connectivity index (χ2v) is 6.82. The molecule has 31 heavy (non-hydrogen) atoms. The number of hydrogen-bond acceptors (Lipinski definition) is 3. The molecular formula is C23H20F3N3O2. The van der Waals surface area contributed by atoms with Crippen LogP contribution in [0.15, 0.2) is 78.9 Å². The van der Waals surface area contributed by atoms with Gasteiger partial charge in [0.25, 0.3) is 5.91 Å². The number of hydrogen-bond donors (Lipinski definition) is 3.